The molecule has 0 unspecified atom stereocenters. The van der Waals surface area contributed by atoms with Gasteiger partial charge < -0.3 is 10.6 Å². The predicted molar refractivity (Wildman–Crippen MR) is 79.6 cm³/mol. The molecular formula is C15H17ClN2. The van der Waals surface area contributed by atoms with E-state index in [-0.39, 0.29) is 0 Å². The lowest BCUT2D eigenvalue weighted by atomic mass is 10.2. The first-order valence-corrected chi connectivity index (χ1v) is 6.42. The Kier molecular flexibility index (Phi) is 4.48. The first-order chi connectivity index (χ1) is 8.74. The van der Waals surface area contributed by atoms with E-state index in [1.54, 1.807) is 0 Å². The summed E-state index contributed by atoms with van der Waals surface area (Å²) in [6.45, 7) is 3.84. The second-order valence-corrected chi connectivity index (χ2v) is 4.66. The number of aryl methyl sites for hydroxylation is 1. The maximum atomic E-state index is 5.83. The molecular weight excluding hydrogens is 244 g/mol. The second kappa shape index (κ2) is 6.31. The molecule has 0 heterocycles. The molecule has 0 aliphatic heterocycles. The molecule has 0 saturated carbocycles. The highest BCUT2D eigenvalue weighted by molar-refractivity contribution is 6.30. The molecule has 0 atom stereocenters. The van der Waals surface area contributed by atoms with E-state index < -0.39 is 0 Å². The number of anilines is 2. The Morgan fingerprint density at radius 1 is 0.778 bits per heavy atom. The lowest BCUT2D eigenvalue weighted by molar-refractivity contribution is 1.08. The molecule has 0 bridgehead atoms. The molecule has 0 spiro atoms. The predicted octanol–water partition coefficient (Wildman–Crippen LogP) is 4.17. The van der Waals surface area contributed by atoms with Crippen molar-refractivity contribution in [3.05, 3.63) is 59.1 Å². The van der Waals surface area contributed by atoms with Gasteiger partial charge in [-0.15, -0.1) is 0 Å². The standard InChI is InChI=1S/C15H17ClN2/c1-12-2-6-14(7-3-12)17-10-11-18-15-8-4-13(16)5-9-15/h2-9,17-18H,10-11H2,1H3. The van der Waals surface area contributed by atoms with Gasteiger partial charge in [0.05, 0.1) is 0 Å². The summed E-state index contributed by atoms with van der Waals surface area (Å²) in [6.07, 6.45) is 0. The molecule has 0 aromatic heterocycles. The van der Waals surface area contributed by atoms with E-state index in [0.717, 1.165) is 29.5 Å². The Morgan fingerprint density at radius 3 is 1.72 bits per heavy atom. The van der Waals surface area contributed by atoms with Gasteiger partial charge in [-0.25, -0.2) is 0 Å². The minimum absolute atomic E-state index is 0.762. The molecule has 94 valence electrons. The van der Waals surface area contributed by atoms with E-state index >= 15 is 0 Å². The molecule has 0 aliphatic carbocycles. The largest absolute Gasteiger partial charge is 0.383 e. The van der Waals surface area contributed by atoms with Crippen molar-refractivity contribution >= 4 is 23.0 Å². The highest BCUT2D eigenvalue weighted by atomic mass is 35.5. The maximum Gasteiger partial charge on any atom is 0.0407 e. The molecule has 2 rings (SSSR count). The van der Waals surface area contributed by atoms with E-state index in [1.807, 2.05) is 24.3 Å². The highest BCUT2D eigenvalue weighted by Crippen LogP contribution is 2.13. The van der Waals surface area contributed by atoms with Crippen LogP contribution in [-0.4, -0.2) is 13.1 Å². The van der Waals surface area contributed by atoms with Crippen molar-refractivity contribution in [2.45, 2.75) is 6.92 Å². The van der Waals surface area contributed by atoms with Gasteiger partial charge in [0.15, 0.2) is 0 Å². The second-order valence-electron chi connectivity index (χ2n) is 4.23. The fourth-order valence-electron chi connectivity index (χ4n) is 1.65. The van der Waals surface area contributed by atoms with Gasteiger partial charge >= 0.3 is 0 Å². The van der Waals surface area contributed by atoms with Crippen LogP contribution in [0.25, 0.3) is 0 Å². The summed E-state index contributed by atoms with van der Waals surface area (Å²) in [5.74, 6) is 0. The zero-order chi connectivity index (χ0) is 12.8. The molecule has 2 aromatic carbocycles. The Labute approximate surface area is 113 Å². The Morgan fingerprint density at radius 2 is 1.22 bits per heavy atom. The molecule has 0 saturated heterocycles. The average molecular weight is 261 g/mol. The van der Waals surface area contributed by atoms with Crippen LogP contribution in [0.3, 0.4) is 0 Å². The zero-order valence-electron chi connectivity index (χ0n) is 10.4. The van der Waals surface area contributed by atoms with Crippen LogP contribution >= 0.6 is 11.6 Å². The van der Waals surface area contributed by atoms with Gasteiger partial charge in [-0.2, -0.15) is 0 Å². The number of halogens is 1. The number of nitrogens with one attached hydrogen (secondary N) is 2. The van der Waals surface area contributed by atoms with Crippen LogP contribution in [0.2, 0.25) is 5.02 Å². The summed E-state index contributed by atoms with van der Waals surface area (Å²) < 4.78 is 0. The number of hydrogen-bond donors (Lipinski definition) is 2. The van der Waals surface area contributed by atoms with Crippen LogP contribution in [0.15, 0.2) is 48.5 Å². The molecule has 18 heavy (non-hydrogen) atoms. The summed E-state index contributed by atoms with van der Waals surface area (Å²) >= 11 is 5.83. The molecule has 0 radical (unpaired) electrons. The molecule has 0 amide bonds. The number of rotatable bonds is 5. The van der Waals surface area contributed by atoms with Crippen LogP contribution < -0.4 is 10.6 Å². The van der Waals surface area contributed by atoms with E-state index in [9.17, 15) is 0 Å². The van der Waals surface area contributed by atoms with Gasteiger partial charge in [-0.05, 0) is 43.3 Å². The smallest absolute Gasteiger partial charge is 0.0407 e. The minimum atomic E-state index is 0.762. The third kappa shape index (κ3) is 3.97. The average Bonchev–Trinajstić information content (AvgIpc) is 2.39. The van der Waals surface area contributed by atoms with E-state index in [2.05, 4.69) is 41.8 Å². The fourth-order valence-corrected chi connectivity index (χ4v) is 1.78. The van der Waals surface area contributed by atoms with Crippen LogP contribution in [0, 0.1) is 6.92 Å². The lowest BCUT2D eigenvalue weighted by Crippen LogP contribution is -2.13. The normalized spacial score (nSPS) is 10.1. The lowest BCUT2D eigenvalue weighted by Gasteiger charge is -2.09. The van der Waals surface area contributed by atoms with Crippen molar-refractivity contribution < 1.29 is 0 Å². The Balaban J connectivity index is 1.73. The monoisotopic (exact) mass is 260 g/mol. The summed E-state index contributed by atoms with van der Waals surface area (Å²) in [4.78, 5) is 0. The van der Waals surface area contributed by atoms with Crippen LogP contribution in [0.4, 0.5) is 11.4 Å². The molecule has 2 aromatic rings. The fraction of sp³-hybridized carbons (Fsp3) is 0.200. The quantitative estimate of drug-likeness (QED) is 0.789. The van der Waals surface area contributed by atoms with Gasteiger partial charge in [0.25, 0.3) is 0 Å². The summed E-state index contributed by atoms with van der Waals surface area (Å²) in [7, 11) is 0. The number of benzene rings is 2. The number of hydrogen-bond acceptors (Lipinski definition) is 2. The highest BCUT2D eigenvalue weighted by Gasteiger charge is 1.93. The van der Waals surface area contributed by atoms with Crippen molar-refractivity contribution in [2.24, 2.45) is 0 Å². The molecule has 3 heteroatoms. The minimum Gasteiger partial charge on any atom is -0.383 e. The molecule has 0 fully saturated rings. The van der Waals surface area contributed by atoms with Crippen LogP contribution in [-0.2, 0) is 0 Å². The molecule has 2 N–H and O–H groups in total. The van der Waals surface area contributed by atoms with Crippen molar-refractivity contribution in [3.63, 3.8) is 0 Å². The van der Waals surface area contributed by atoms with Crippen molar-refractivity contribution in [1.29, 1.82) is 0 Å². The van der Waals surface area contributed by atoms with Crippen molar-refractivity contribution in [1.82, 2.24) is 0 Å². The summed E-state index contributed by atoms with van der Waals surface area (Å²) in [5.41, 5.74) is 3.52. The Hall–Kier alpha value is -1.67. The SMILES string of the molecule is Cc1ccc(NCCNc2ccc(Cl)cc2)cc1. The third-order valence-electron chi connectivity index (χ3n) is 2.68. The zero-order valence-corrected chi connectivity index (χ0v) is 11.2. The molecule has 2 nitrogen and oxygen atoms in total. The summed E-state index contributed by atoms with van der Waals surface area (Å²) in [6, 6.07) is 16.1. The first kappa shape index (κ1) is 12.8. The van der Waals surface area contributed by atoms with Gasteiger partial charge in [0.1, 0.15) is 0 Å². The van der Waals surface area contributed by atoms with Crippen molar-refractivity contribution in [3.8, 4) is 0 Å². The first-order valence-electron chi connectivity index (χ1n) is 6.04. The van der Waals surface area contributed by atoms with Crippen LogP contribution in [0.1, 0.15) is 5.56 Å². The van der Waals surface area contributed by atoms with E-state index in [1.165, 1.54) is 5.56 Å². The van der Waals surface area contributed by atoms with Gasteiger partial charge in [0.2, 0.25) is 0 Å². The van der Waals surface area contributed by atoms with Gasteiger partial charge in [-0.3, -0.25) is 0 Å². The van der Waals surface area contributed by atoms with Gasteiger partial charge in [-0.1, -0.05) is 29.3 Å². The molecule has 0 aliphatic rings. The Bertz CT molecular complexity index is 429. The van der Waals surface area contributed by atoms with Crippen molar-refractivity contribution in [2.75, 3.05) is 23.7 Å². The third-order valence-corrected chi connectivity index (χ3v) is 2.93. The van der Waals surface area contributed by atoms with E-state index in [0.29, 0.717) is 0 Å². The van der Waals surface area contributed by atoms with Crippen LogP contribution in [0.5, 0.6) is 0 Å². The summed E-state index contributed by atoms with van der Waals surface area (Å²) in [5, 5.41) is 7.46. The van der Waals surface area contributed by atoms with Gasteiger partial charge in [0, 0.05) is 29.5 Å². The maximum absolute atomic E-state index is 5.83. The van der Waals surface area contributed by atoms with E-state index in [4.69, 9.17) is 11.6 Å². The topological polar surface area (TPSA) is 24.1 Å².